The largest absolute Gasteiger partial charge is 0.322 e. The van der Waals surface area contributed by atoms with E-state index in [4.69, 9.17) is 17.3 Å². The van der Waals surface area contributed by atoms with Crippen molar-refractivity contribution in [3.05, 3.63) is 39.7 Å². The molecule has 0 amide bonds. The highest BCUT2D eigenvalue weighted by Crippen LogP contribution is 2.28. The lowest BCUT2D eigenvalue weighted by atomic mass is 10.1. The zero-order chi connectivity index (χ0) is 12.4. The van der Waals surface area contributed by atoms with Crippen LogP contribution in [-0.2, 0) is 0 Å². The Morgan fingerprint density at radius 3 is 2.47 bits per heavy atom. The van der Waals surface area contributed by atoms with Gasteiger partial charge in [0.05, 0.1) is 11.7 Å². The molecule has 2 aromatic rings. The monoisotopic (exact) mass is 266 g/mol. The zero-order valence-corrected chi connectivity index (χ0v) is 11.4. The molecule has 2 nitrogen and oxygen atoms in total. The van der Waals surface area contributed by atoms with Crippen LogP contribution in [0, 0.1) is 5.92 Å². The molecule has 0 aliphatic heterocycles. The molecule has 90 valence electrons. The van der Waals surface area contributed by atoms with Crippen molar-refractivity contribution in [2.24, 2.45) is 11.7 Å². The van der Waals surface area contributed by atoms with Gasteiger partial charge in [0.1, 0.15) is 5.01 Å². The second-order valence-electron chi connectivity index (χ2n) is 4.35. The number of hydrogen-bond donors (Lipinski definition) is 1. The third kappa shape index (κ3) is 2.86. The van der Waals surface area contributed by atoms with Crippen LogP contribution in [0.1, 0.15) is 24.9 Å². The van der Waals surface area contributed by atoms with E-state index in [1.54, 1.807) is 11.3 Å². The van der Waals surface area contributed by atoms with Crippen LogP contribution in [0.5, 0.6) is 0 Å². The summed E-state index contributed by atoms with van der Waals surface area (Å²) < 4.78 is 0. The summed E-state index contributed by atoms with van der Waals surface area (Å²) in [6.07, 6.45) is 0. The van der Waals surface area contributed by atoms with Crippen LogP contribution in [0.25, 0.3) is 11.3 Å². The molecule has 4 heteroatoms. The van der Waals surface area contributed by atoms with E-state index in [-0.39, 0.29) is 6.04 Å². The fraction of sp³-hybridized carbons (Fsp3) is 0.308. The third-order valence-corrected chi connectivity index (χ3v) is 3.86. The summed E-state index contributed by atoms with van der Waals surface area (Å²) in [5, 5.41) is 3.77. The Morgan fingerprint density at radius 1 is 1.24 bits per heavy atom. The van der Waals surface area contributed by atoms with Crippen molar-refractivity contribution >= 4 is 22.9 Å². The summed E-state index contributed by atoms with van der Waals surface area (Å²) >= 11 is 7.47. The van der Waals surface area contributed by atoms with Crippen molar-refractivity contribution in [2.75, 3.05) is 0 Å². The van der Waals surface area contributed by atoms with Gasteiger partial charge in [-0.15, -0.1) is 11.3 Å². The molecule has 0 bridgehead atoms. The SMILES string of the molecule is CC(C)C(N)c1nc(-c2ccc(Cl)cc2)cs1. The van der Waals surface area contributed by atoms with Gasteiger partial charge in [-0.25, -0.2) is 4.98 Å². The van der Waals surface area contributed by atoms with Gasteiger partial charge in [-0.2, -0.15) is 0 Å². The summed E-state index contributed by atoms with van der Waals surface area (Å²) in [5.41, 5.74) is 8.13. The van der Waals surface area contributed by atoms with Gasteiger partial charge < -0.3 is 5.73 Å². The molecule has 1 aromatic carbocycles. The molecule has 0 saturated heterocycles. The smallest absolute Gasteiger partial charge is 0.110 e. The van der Waals surface area contributed by atoms with Gasteiger partial charge in [0, 0.05) is 16.0 Å². The first-order valence-corrected chi connectivity index (χ1v) is 6.80. The molecule has 2 rings (SSSR count). The number of halogens is 1. The van der Waals surface area contributed by atoms with Crippen LogP contribution in [0.2, 0.25) is 5.02 Å². The Balaban J connectivity index is 2.26. The van der Waals surface area contributed by atoms with Gasteiger partial charge in [-0.05, 0) is 18.1 Å². The average Bonchev–Trinajstić information content (AvgIpc) is 2.78. The number of nitrogens with zero attached hydrogens (tertiary/aromatic N) is 1. The molecule has 0 fully saturated rings. The molecule has 0 spiro atoms. The van der Waals surface area contributed by atoms with E-state index in [9.17, 15) is 0 Å². The first-order valence-electron chi connectivity index (χ1n) is 5.55. The second-order valence-corrected chi connectivity index (χ2v) is 5.67. The lowest BCUT2D eigenvalue weighted by Gasteiger charge is -2.11. The normalized spacial score (nSPS) is 13.0. The maximum absolute atomic E-state index is 6.08. The Labute approximate surface area is 110 Å². The van der Waals surface area contributed by atoms with E-state index in [1.165, 1.54) is 0 Å². The Morgan fingerprint density at radius 2 is 1.88 bits per heavy atom. The van der Waals surface area contributed by atoms with Crippen molar-refractivity contribution in [3.8, 4) is 11.3 Å². The molecule has 1 unspecified atom stereocenters. The molecule has 2 N–H and O–H groups in total. The van der Waals surface area contributed by atoms with E-state index in [1.807, 2.05) is 29.6 Å². The standard InChI is InChI=1S/C13H15ClN2S/c1-8(2)12(15)13-16-11(7-17-13)9-3-5-10(14)6-4-9/h3-8,12H,15H2,1-2H3. The highest BCUT2D eigenvalue weighted by Gasteiger charge is 2.14. The number of aromatic nitrogens is 1. The maximum Gasteiger partial charge on any atom is 0.110 e. The Bertz CT molecular complexity index is 490. The molecule has 1 atom stereocenters. The van der Waals surface area contributed by atoms with Crippen molar-refractivity contribution in [2.45, 2.75) is 19.9 Å². The van der Waals surface area contributed by atoms with Gasteiger partial charge >= 0.3 is 0 Å². The Kier molecular flexibility index (Phi) is 3.82. The first kappa shape index (κ1) is 12.6. The fourth-order valence-corrected chi connectivity index (χ4v) is 2.61. The second kappa shape index (κ2) is 5.17. The molecule has 0 saturated carbocycles. The molecule has 0 aliphatic rings. The molecule has 0 radical (unpaired) electrons. The number of benzene rings is 1. The van der Waals surface area contributed by atoms with E-state index >= 15 is 0 Å². The summed E-state index contributed by atoms with van der Waals surface area (Å²) in [7, 11) is 0. The van der Waals surface area contributed by atoms with Crippen molar-refractivity contribution in [1.82, 2.24) is 4.98 Å². The predicted molar refractivity (Wildman–Crippen MR) is 74.3 cm³/mol. The molecule has 1 heterocycles. The minimum absolute atomic E-state index is 0.0149. The maximum atomic E-state index is 6.08. The molecular weight excluding hydrogens is 252 g/mol. The van der Waals surface area contributed by atoms with Crippen molar-refractivity contribution < 1.29 is 0 Å². The highest BCUT2D eigenvalue weighted by atomic mass is 35.5. The van der Waals surface area contributed by atoms with E-state index in [2.05, 4.69) is 18.8 Å². The summed E-state index contributed by atoms with van der Waals surface area (Å²) in [4.78, 5) is 4.58. The van der Waals surface area contributed by atoms with Crippen LogP contribution in [0.4, 0.5) is 0 Å². The average molecular weight is 267 g/mol. The quantitative estimate of drug-likeness (QED) is 0.908. The van der Waals surface area contributed by atoms with Gasteiger partial charge in [0.25, 0.3) is 0 Å². The van der Waals surface area contributed by atoms with Crippen LogP contribution >= 0.6 is 22.9 Å². The van der Waals surface area contributed by atoms with Crippen LogP contribution in [0.3, 0.4) is 0 Å². The lowest BCUT2D eigenvalue weighted by molar-refractivity contribution is 0.512. The van der Waals surface area contributed by atoms with E-state index < -0.39 is 0 Å². The van der Waals surface area contributed by atoms with Gasteiger partial charge in [-0.1, -0.05) is 37.6 Å². The fourth-order valence-electron chi connectivity index (χ4n) is 1.48. The van der Waals surface area contributed by atoms with Gasteiger partial charge in [0.2, 0.25) is 0 Å². The number of thiazole rings is 1. The summed E-state index contributed by atoms with van der Waals surface area (Å²) in [6, 6.07) is 7.71. The van der Waals surface area contributed by atoms with Crippen LogP contribution in [0.15, 0.2) is 29.6 Å². The molecule has 1 aromatic heterocycles. The minimum Gasteiger partial charge on any atom is -0.322 e. The van der Waals surface area contributed by atoms with Crippen LogP contribution < -0.4 is 5.73 Å². The first-order chi connectivity index (χ1) is 8.08. The van der Waals surface area contributed by atoms with Crippen molar-refractivity contribution in [3.63, 3.8) is 0 Å². The number of hydrogen-bond acceptors (Lipinski definition) is 3. The Hall–Kier alpha value is -0.900. The molecule has 0 aliphatic carbocycles. The topological polar surface area (TPSA) is 38.9 Å². The van der Waals surface area contributed by atoms with Gasteiger partial charge in [-0.3, -0.25) is 0 Å². The summed E-state index contributed by atoms with van der Waals surface area (Å²) in [5.74, 6) is 0.402. The van der Waals surface area contributed by atoms with Crippen LogP contribution in [-0.4, -0.2) is 4.98 Å². The number of nitrogens with two attached hydrogens (primary N) is 1. The van der Waals surface area contributed by atoms with E-state index in [0.29, 0.717) is 5.92 Å². The summed E-state index contributed by atoms with van der Waals surface area (Å²) in [6.45, 7) is 4.21. The lowest BCUT2D eigenvalue weighted by Crippen LogP contribution is -2.16. The highest BCUT2D eigenvalue weighted by molar-refractivity contribution is 7.10. The minimum atomic E-state index is 0.0149. The van der Waals surface area contributed by atoms with Gasteiger partial charge in [0.15, 0.2) is 0 Å². The van der Waals surface area contributed by atoms with Crippen molar-refractivity contribution in [1.29, 1.82) is 0 Å². The third-order valence-electron chi connectivity index (χ3n) is 2.67. The van der Waals surface area contributed by atoms with E-state index in [0.717, 1.165) is 21.3 Å². The number of rotatable bonds is 3. The molecular formula is C13H15ClN2S. The predicted octanol–water partition coefficient (Wildman–Crippen LogP) is 4.12. The molecule has 17 heavy (non-hydrogen) atoms. The zero-order valence-electron chi connectivity index (χ0n) is 9.85.